The van der Waals surface area contributed by atoms with Crippen molar-refractivity contribution in [3.63, 3.8) is 0 Å². The molecule has 4 heteroatoms. The van der Waals surface area contributed by atoms with Crippen LogP contribution in [0.4, 0.5) is 0 Å². The van der Waals surface area contributed by atoms with Gasteiger partial charge in [0.2, 0.25) is 5.90 Å². The summed E-state index contributed by atoms with van der Waals surface area (Å²) in [7, 11) is 1.67. The summed E-state index contributed by atoms with van der Waals surface area (Å²) < 4.78 is 12.2. The van der Waals surface area contributed by atoms with Crippen LogP contribution in [0.3, 0.4) is 0 Å². The summed E-state index contributed by atoms with van der Waals surface area (Å²) in [6.07, 6.45) is 0.946. The third kappa shape index (κ3) is 3.27. The number of aliphatic imine (C=N–C) groups is 1. The zero-order valence-corrected chi connectivity index (χ0v) is 13.3. The molecule has 1 atom stereocenters. The second-order valence-electron chi connectivity index (χ2n) is 4.92. The maximum absolute atomic E-state index is 5.98. The molecule has 2 aromatic rings. The van der Waals surface area contributed by atoms with Crippen LogP contribution in [-0.4, -0.2) is 25.7 Å². The molecule has 1 aliphatic heterocycles. The Morgan fingerprint density at radius 2 is 1.95 bits per heavy atom. The summed E-state index contributed by atoms with van der Waals surface area (Å²) in [6, 6.07) is 16.1. The quantitative estimate of drug-likeness (QED) is 0.842. The van der Waals surface area contributed by atoms with Crippen molar-refractivity contribution in [2.24, 2.45) is 4.99 Å². The van der Waals surface area contributed by atoms with E-state index in [4.69, 9.17) is 9.47 Å². The summed E-state index contributed by atoms with van der Waals surface area (Å²) in [6.45, 7) is 0.697. The Labute approximate surface area is 132 Å². The van der Waals surface area contributed by atoms with E-state index in [0.717, 1.165) is 28.1 Å². The highest BCUT2D eigenvalue weighted by Crippen LogP contribution is 2.22. The van der Waals surface area contributed by atoms with Crippen molar-refractivity contribution < 1.29 is 9.47 Å². The van der Waals surface area contributed by atoms with Gasteiger partial charge in [-0.1, -0.05) is 24.3 Å². The zero-order valence-electron chi connectivity index (χ0n) is 11.8. The molecule has 1 unspecified atom stereocenters. The summed E-state index contributed by atoms with van der Waals surface area (Å²) >= 11 is 3.53. The summed E-state index contributed by atoms with van der Waals surface area (Å²) in [4.78, 5) is 4.52. The minimum Gasteiger partial charge on any atom is -0.497 e. The van der Waals surface area contributed by atoms with Crippen molar-refractivity contribution in [3.8, 4) is 5.75 Å². The van der Waals surface area contributed by atoms with Gasteiger partial charge in [-0.2, -0.15) is 0 Å². The van der Waals surface area contributed by atoms with Gasteiger partial charge < -0.3 is 9.47 Å². The molecule has 0 radical (unpaired) electrons. The van der Waals surface area contributed by atoms with E-state index in [1.54, 1.807) is 7.11 Å². The van der Waals surface area contributed by atoms with Gasteiger partial charge in [-0.05, 0) is 45.8 Å². The number of methoxy groups -OCH3 is 1. The number of benzene rings is 2. The third-order valence-electron chi connectivity index (χ3n) is 3.44. The average Bonchev–Trinajstić information content (AvgIpc) is 2.97. The average molecular weight is 346 g/mol. The first-order valence-corrected chi connectivity index (χ1v) is 7.64. The first-order valence-electron chi connectivity index (χ1n) is 6.85. The molecule has 0 saturated heterocycles. The molecular weight excluding hydrogens is 330 g/mol. The molecule has 3 nitrogen and oxygen atoms in total. The van der Waals surface area contributed by atoms with E-state index in [1.165, 1.54) is 5.56 Å². The summed E-state index contributed by atoms with van der Waals surface area (Å²) in [5.74, 6) is 1.59. The molecule has 0 bridgehead atoms. The molecule has 0 saturated carbocycles. The Hall–Kier alpha value is -1.81. The van der Waals surface area contributed by atoms with Crippen LogP contribution in [0.2, 0.25) is 0 Å². The molecule has 1 aliphatic rings. The van der Waals surface area contributed by atoms with Gasteiger partial charge in [0, 0.05) is 10.9 Å². The molecule has 0 amide bonds. The lowest BCUT2D eigenvalue weighted by molar-refractivity contribution is 0.225. The van der Waals surface area contributed by atoms with Gasteiger partial charge in [0.1, 0.15) is 11.9 Å². The van der Waals surface area contributed by atoms with Crippen LogP contribution in [0.15, 0.2) is 58.0 Å². The van der Waals surface area contributed by atoms with Crippen molar-refractivity contribution in [3.05, 3.63) is 64.1 Å². The molecule has 2 aromatic carbocycles. The van der Waals surface area contributed by atoms with E-state index in [2.05, 4.69) is 33.1 Å². The standard InChI is InChI=1S/C17H16BrNO2/c1-20-13-8-6-12(7-9-13)10-14-11-19-17(21-14)15-4-2-3-5-16(15)18/h2-9,14H,10-11H2,1H3. The Balaban J connectivity index is 1.65. The second-order valence-corrected chi connectivity index (χ2v) is 5.77. The van der Waals surface area contributed by atoms with Gasteiger partial charge in [0.15, 0.2) is 0 Å². The molecule has 1 heterocycles. The molecule has 0 N–H and O–H groups in total. The second kappa shape index (κ2) is 6.31. The number of hydrogen-bond acceptors (Lipinski definition) is 3. The topological polar surface area (TPSA) is 30.8 Å². The maximum Gasteiger partial charge on any atom is 0.217 e. The molecule has 0 aromatic heterocycles. The van der Waals surface area contributed by atoms with Crippen molar-refractivity contribution in [1.82, 2.24) is 0 Å². The minimum absolute atomic E-state index is 0.0977. The van der Waals surface area contributed by atoms with E-state index >= 15 is 0 Å². The lowest BCUT2D eigenvalue weighted by atomic mass is 10.1. The van der Waals surface area contributed by atoms with E-state index in [0.29, 0.717) is 6.54 Å². The van der Waals surface area contributed by atoms with Crippen LogP contribution in [-0.2, 0) is 11.2 Å². The van der Waals surface area contributed by atoms with Gasteiger partial charge in [-0.15, -0.1) is 0 Å². The molecule has 0 fully saturated rings. The molecule has 108 valence electrons. The van der Waals surface area contributed by atoms with E-state index in [9.17, 15) is 0 Å². The van der Waals surface area contributed by atoms with Crippen molar-refractivity contribution in [2.45, 2.75) is 12.5 Å². The fraction of sp³-hybridized carbons (Fsp3) is 0.235. The Morgan fingerprint density at radius 3 is 2.67 bits per heavy atom. The summed E-state index contributed by atoms with van der Waals surface area (Å²) in [5, 5.41) is 0. The SMILES string of the molecule is COc1ccc(CC2CN=C(c3ccccc3Br)O2)cc1. The highest BCUT2D eigenvalue weighted by molar-refractivity contribution is 9.10. The number of hydrogen-bond donors (Lipinski definition) is 0. The first kappa shape index (κ1) is 14.1. The largest absolute Gasteiger partial charge is 0.497 e. The monoisotopic (exact) mass is 345 g/mol. The van der Waals surface area contributed by atoms with Gasteiger partial charge in [0.05, 0.1) is 19.2 Å². The Kier molecular flexibility index (Phi) is 4.25. The molecule has 21 heavy (non-hydrogen) atoms. The van der Waals surface area contributed by atoms with Crippen molar-refractivity contribution in [2.75, 3.05) is 13.7 Å². The van der Waals surface area contributed by atoms with Crippen LogP contribution in [0.25, 0.3) is 0 Å². The van der Waals surface area contributed by atoms with Crippen molar-refractivity contribution in [1.29, 1.82) is 0 Å². The fourth-order valence-electron chi connectivity index (χ4n) is 2.33. The summed E-state index contributed by atoms with van der Waals surface area (Å²) in [5.41, 5.74) is 2.24. The Bertz CT molecular complexity index is 652. The first-order chi connectivity index (χ1) is 10.3. The molecule has 0 spiro atoms. The van der Waals surface area contributed by atoms with Gasteiger partial charge in [0.25, 0.3) is 0 Å². The van der Waals surface area contributed by atoms with Gasteiger partial charge in [-0.25, -0.2) is 4.99 Å². The van der Waals surface area contributed by atoms with Crippen LogP contribution < -0.4 is 4.74 Å². The number of ether oxygens (including phenoxy) is 2. The van der Waals surface area contributed by atoms with Crippen LogP contribution in [0, 0.1) is 0 Å². The normalized spacial score (nSPS) is 17.2. The van der Waals surface area contributed by atoms with Crippen LogP contribution >= 0.6 is 15.9 Å². The Morgan fingerprint density at radius 1 is 1.19 bits per heavy atom. The lowest BCUT2D eigenvalue weighted by Crippen LogP contribution is -2.16. The molecular formula is C17H16BrNO2. The van der Waals surface area contributed by atoms with Crippen LogP contribution in [0.5, 0.6) is 5.75 Å². The highest BCUT2D eigenvalue weighted by atomic mass is 79.9. The molecule has 0 aliphatic carbocycles. The number of rotatable bonds is 4. The highest BCUT2D eigenvalue weighted by Gasteiger charge is 2.22. The van der Waals surface area contributed by atoms with E-state index in [1.807, 2.05) is 36.4 Å². The minimum atomic E-state index is 0.0977. The predicted octanol–water partition coefficient (Wildman–Crippen LogP) is 3.85. The third-order valence-corrected chi connectivity index (χ3v) is 4.14. The molecule has 3 rings (SSSR count). The number of nitrogens with zero attached hydrogens (tertiary/aromatic N) is 1. The van der Waals surface area contributed by atoms with E-state index in [-0.39, 0.29) is 6.10 Å². The smallest absolute Gasteiger partial charge is 0.217 e. The van der Waals surface area contributed by atoms with Gasteiger partial charge >= 0.3 is 0 Å². The maximum atomic E-state index is 5.98. The van der Waals surface area contributed by atoms with Crippen molar-refractivity contribution >= 4 is 21.8 Å². The predicted molar refractivity (Wildman–Crippen MR) is 87.1 cm³/mol. The van der Waals surface area contributed by atoms with Crippen LogP contribution in [0.1, 0.15) is 11.1 Å². The number of halogens is 1. The lowest BCUT2D eigenvalue weighted by Gasteiger charge is -2.12. The fourth-order valence-corrected chi connectivity index (χ4v) is 2.79. The zero-order chi connectivity index (χ0) is 14.7. The van der Waals surface area contributed by atoms with Gasteiger partial charge in [-0.3, -0.25) is 0 Å². The van der Waals surface area contributed by atoms with E-state index < -0.39 is 0 Å².